The van der Waals surface area contributed by atoms with Gasteiger partial charge in [-0.3, -0.25) is 4.21 Å². The summed E-state index contributed by atoms with van der Waals surface area (Å²) in [5, 5.41) is 0. The fraction of sp³-hybridized carbons (Fsp3) is 0.190. The highest BCUT2D eigenvalue weighted by Gasteiger charge is 2.09. The number of alkyl halides is 2. The topological polar surface area (TPSA) is 39.2 Å². The van der Waals surface area contributed by atoms with E-state index >= 15 is 0 Å². The van der Waals surface area contributed by atoms with Gasteiger partial charge < -0.3 is 4.74 Å². The molecule has 0 saturated carbocycles. The smallest absolute Gasteiger partial charge is 0.388 e. The van der Waals surface area contributed by atoms with Crippen LogP contribution in [0.25, 0.3) is 0 Å². The van der Waals surface area contributed by atoms with Gasteiger partial charge >= 0.3 is 6.61 Å². The molecule has 0 bridgehead atoms. The van der Waals surface area contributed by atoms with Crippen LogP contribution in [-0.2, 0) is 28.7 Å². The minimum atomic E-state index is -2.92. The van der Waals surface area contributed by atoms with Crippen molar-refractivity contribution < 1.29 is 17.7 Å². The van der Waals surface area contributed by atoms with Crippen molar-refractivity contribution in [2.45, 2.75) is 24.5 Å². The summed E-state index contributed by atoms with van der Waals surface area (Å²) in [4.78, 5) is 3.96. The first-order valence-electron chi connectivity index (χ1n) is 8.46. The van der Waals surface area contributed by atoms with Gasteiger partial charge in [-0.15, -0.1) is 0 Å². The fourth-order valence-electron chi connectivity index (χ4n) is 2.68. The second kappa shape index (κ2) is 9.37. The molecule has 1 atom stereocenters. The van der Waals surface area contributed by atoms with Crippen molar-refractivity contribution in [1.82, 2.24) is 4.98 Å². The summed E-state index contributed by atoms with van der Waals surface area (Å²) in [5.74, 6) is 0.407. The monoisotopic (exact) mass is 387 g/mol. The summed E-state index contributed by atoms with van der Waals surface area (Å²) in [6, 6.07) is 22.8. The number of halogens is 2. The maximum atomic E-state index is 12.4. The van der Waals surface area contributed by atoms with Gasteiger partial charge in [0.15, 0.2) is 0 Å². The van der Waals surface area contributed by atoms with Crippen LogP contribution in [0.1, 0.15) is 22.4 Å². The SMILES string of the molecule is O=S(Cc1ccc(Cc2ccccc2)cc1)Cc1cccc(OC(F)F)n1. The van der Waals surface area contributed by atoms with Crippen molar-refractivity contribution in [3.8, 4) is 5.88 Å². The van der Waals surface area contributed by atoms with Crippen LogP contribution >= 0.6 is 0 Å². The molecule has 0 aliphatic heterocycles. The van der Waals surface area contributed by atoms with Crippen LogP contribution in [0, 0.1) is 0 Å². The van der Waals surface area contributed by atoms with E-state index in [1.54, 1.807) is 12.1 Å². The Labute approximate surface area is 159 Å². The molecule has 0 aliphatic rings. The molecule has 1 unspecified atom stereocenters. The van der Waals surface area contributed by atoms with Crippen molar-refractivity contribution in [2.75, 3.05) is 0 Å². The molecule has 1 heterocycles. The molecule has 0 amide bonds. The average molecular weight is 387 g/mol. The van der Waals surface area contributed by atoms with Gasteiger partial charge in [0.05, 0.1) is 11.4 Å². The number of rotatable bonds is 8. The van der Waals surface area contributed by atoms with Crippen molar-refractivity contribution >= 4 is 10.8 Å². The van der Waals surface area contributed by atoms with Crippen molar-refractivity contribution in [1.29, 1.82) is 0 Å². The van der Waals surface area contributed by atoms with Crippen LogP contribution in [0.15, 0.2) is 72.8 Å². The first kappa shape index (κ1) is 19.2. The number of hydrogen-bond acceptors (Lipinski definition) is 3. The van der Waals surface area contributed by atoms with Gasteiger partial charge in [-0.2, -0.15) is 8.78 Å². The number of ether oxygens (including phenoxy) is 1. The second-order valence-corrected chi connectivity index (χ2v) is 7.51. The van der Waals surface area contributed by atoms with Crippen LogP contribution < -0.4 is 4.74 Å². The minimum Gasteiger partial charge on any atom is -0.417 e. The number of aromatic nitrogens is 1. The lowest BCUT2D eigenvalue weighted by Crippen LogP contribution is -2.06. The normalized spacial score (nSPS) is 12.1. The molecule has 3 nitrogen and oxygen atoms in total. The Morgan fingerprint density at radius 1 is 0.815 bits per heavy atom. The van der Waals surface area contributed by atoms with E-state index < -0.39 is 17.4 Å². The molecule has 140 valence electrons. The Hall–Kier alpha value is -2.60. The zero-order chi connectivity index (χ0) is 19.1. The molecular formula is C21H19F2NO2S. The van der Waals surface area contributed by atoms with Gasteiger partial charge in [0, 0.05) is 22.6 Å². The lowest BCUT2D eigenvalue weighted by atomic mass is 10.0. The molecule has 27 heavy (non-hydrogen) atoms. The lowest BCUT2D eigenvalue weighted by molar-refractivity contribution is -0.0529. The Morgan fingerprint density at radius 2 is 1.48 bits per heavy atom. The number of nitrogens with zero attached hydrogens (tertiary/aromatic N) is 1. The van der Waals surface area contributed by atoms with Crippen LogP contribution in [0.5, 0.6) is 5.88 Å². The fourth-order valence-corrected chi connectivity index (χ4v) is 3.84. The number of hydrogen-bond donors (Lipinski definition) is 0. The summed E-state index contributed by atoms with van der Waals surface area (Å²) in [7, 11) is -1.19. The van der Waals surface area contributed by atoms with Crippen molar-refractivity contribution in [3.63, 3.8) is 0 Å². The van der Waals surface area contributed by atoms with Gasteiger partial charge in [0.2, 0.25) is 5.88 Å². The third kappa shape index (κ3) is 6.25. The zero-order valence-electron chi connectivity index (χ0n) is 14.6. The molecule has 0 N–H and O–H groups in total. The first-order valence-corrected chi connectivity index (χ1v) is 9.95. The highest BCUT2D eigenvalue weighted by atomic mass is 32.2. The highest BCUT2D eigenvalue weighted by molar-refractivity contribution is 7.83. The molecule has 0 radical (unpaired) electrons. The van der Waals surface area contributed by atoms with E-state index in [2.05, 4.69) is 21.9 Å². The van der Waals surface area contributed by atoms with Gasteiger partial charge in [0.1, 0.15) is 0 Å². The highest BCUT2D eigenvalue weighted by Crippen LogP contribution is 2.15. The van der Waals surface area contributed by atoms with Gasteiger partial charge in [0.25, 0.3) is 0 Å². The van der Waals surface area contributed by atoms with E-state index in [1.807, 2.05) is 42.5 Å². The maximum absolute atomic E-state index is 12.4. The molecule has 3 rings (SSSR count). The Balaban J connectivity index is 1.56. The quantitative estimate of drug-likeness (QED) is 0.561. The van der Waals surface area contributed by atoms with Crippen LogP contribution in [-0.4, -0.2) is 15.8 Å². The van der Waals surface area contributed by atoms with Crippen LogP contribution in [0.2, 0.25) is 0 Å². The van der Waals surface area contributed by atoms with E-state index in [-0.39, 0.29) is 11.6 Å². The summed E-state index contributed by atoms with van der Waals surface area (Å²) < 4.78 is 41.1. The van der Waals surface area contributed by atoms with Crippen molar-refractivity contribution in [2.24, 2.45) is 0 Å². The predicted molar refractivity (Wildman–Crippen MR) is 102 cm³/mol. The van der Waals surface area contributed by atoms with E-state index in [1.165, 1.54) is 17.2 Å². The first-order chi connectivity index (χ1) is 13.1. The average Bonchev–Trinajstić information content (AvgIpc) is 2.64. The minimum absolute atomic E-state index is 0.162. The van der Waals surface area contributed by atoms with Crippen molar-refractivity contribution in [3.05, 3.63) is 95.2 Å². The van der Waals surface area contributed by atoms with E-state index in [4.69, 9.17) is 0 Å². The van der Waals surface area contributed by atoms with E-state index in [9.17, 15) is 13.0 Å². The van der Waals surface area contributed by atoms with Gasteiger partial charge in [-0.1, -0.05) is 60.7 Å². The molecule has 2 aromatic carbocycles. The van der Waals surface area contributed by atoms with Gasteiger partial charge in [-0.05, 0) is 29.2 Å². The Morgan fingerprint density at radius 3 is 2.19 bits per heavy atom. The predicted octanol–water partition coefficient (Wildman–Crippen LogP) is 4.72. The molecule has 0 saturated heterocycles. The van der Waals surface area contributed by atoms with E-state index in [0.29, 0.717) is 11.4 Å². The third-order valence-corrected chi connectivity index (χ3v) is 5.17. The van der Waals surface area contributed by atoms with Gasteiger partial charge in [-0.25, -0.2) is 4.98 Å². The molecule has 0 aliphatic carbocycles. The zero-order valence-corrected chi connectivity index (χ0v) is 15.4. The summed E-state index contributed by atoms with van der Waals surface area (Å²) in [5.41, 5.74) is 3.86. The third-order valence-electron chi connectivity index (χ3n) is 3.90. The summed E-state index contributed by atoms with van der Waals surface area (Å²) in [6.45, 7) is -2.92. The van der Waals surface area contributed by atoms with Crippen LogP contribution in [0.3, 0.4) is 0 Å². The second-order valence-electron chi connectivity index (χ2n) is 6.05. The molecule has 1 aromatic heterocycles. The summed E-state index contributed by atoms with van der Waals surface area (Å²) in [6.07, 6.45) is 0.852. The largest absolute Gasteiger partial charge is 0.417 e. The Kier molecular flexibility index (Phi) is 6.65. The van der Waals surface area contributed by atoms with E-state index in [0.717, 1.165) is 12.0 Å². The molecule has 0 spiro atoms. The Bertz CT molecular complexity index is 886. The molecule has 0 fully saturated rings. The number of pyridine rings is 1. The maximum Gasteiger partial charge on any atom is 0.388 e. The summed E-state index contributed by atoms with van der Waals surface area (Å²) >= 11 is 0. The van der Waals surface area contributed by atoms with Crippen LogP contribution in [0.4, 0.5) is 8.78 Å². The number of benzene rings is 2. The standard InChI is InChI=1S/C21H19F2NO2S/c22-21(23)26-20-8-4-7-19(24-20)15-27(25)14-18-11-9-17(10-12-18)13-16-5-2-1-3-6-16/h1-12,21H,13-15H2. The lowest BCUT2D eigenvalue weighted by Gasteiger charge is -2.07. The molecule has 3 aromatic rings. The molecule has 6 heteroatoms. The molecular weight excluding hydrogens is 368 g/mol.